The van der Waals surface area contributed by atoms with Gasteiger partial charge in [0, 0.05) is 12.5 Å². The van der Waals surface area contributed by atoms with E-state index in [4.69, 9.17) is 5.11 Å². The van der Waals surface area contributed by atoms with Crippen molar-refractivity contribution in [3.63, 3.8) is 0 Å². The molecule has 1 aliphatic carbocycles. The second-order valence-corrected chi connectivity index (χ2v) is 7.11. The van der Waals surface area contributed by atoms with Gasteiger partial charge in [-0.25, -0.2) is 13.2 Å². The van der Waals surface area contributed by atoms with Crippen molar-refractivity contribution in [2.75, 3.05) is 6.26 Å². The van der Waals surface area contributed by atoms with Crippen LogP contribution in [0, 0.1) is 0 Å². The highest BCUT2D eigenvalue weighted by Crippen LogP contribution is 2.31. The van der Waals surface area contributed by atoms with Gasteiger partial charge in [-0.2, -0.15) is 5.10 Å². The average Bonchev–Trinajstić information content (AvgIpc) is 2.77. The predicted molar refractivity (Wildman–Crippen MR) is 65.3 cm³/mol. The van der Waals surface area contributed by atoms with Crippen LogP contribution in [0.15, 0.2) is 12.4 Å². The molecule has 7 heteroatoms. The minimum Gasteiger partial charge on any atom is -0.478 e. The van der Waals surface area contributed by atoms with Crippen LogP contribution in [0.1, 0.15) is 42.1 Å². The third-order valence-corrected chi connectivity index (χ3v) is 5.07. The lowest BCUT2D eigenvalue weighted by molar-refractivity contribution is 0.0696. The van der Waals surface area contributed by atoms with E-state index in [1.165, 1.54) is 18.6 Å². The molecule has 1 fully saturated rings. The Labute approximate surface area is 106 Å². The van der Waals surface area contributed by atoms with E-state index in [-0.39, 0.29) is 16.9 Å². The summed E-state index contributed by atoms with van der Waals surface area (Å²) in [4.78, 5) is 10.8. The van der Waals surface area contributed by atoms with Gasteiger partial charge in [0.2, 0.25) is 0 Å². The molecule has 0 radical (unpaired) electrons. The van der Waals surface area contributed by atoms with E-state index in [2.05, 4.69) is 5.10 Å². The average molecular weight is 272 g/mol. The largest absolute Gasteiger partial charge is 0.478 e. The van der Waals surface area contributed by atoms with Gasteiger partial charge >= 0.3 is 5.97 Å². The zero-order chi connectivity index (χ0) is 13.3. The van der Waals surface area contributed by atoms with E-state index in [1.54, 1.807) is 4.68 Å². The van der Waals surface area contributed by atoms with Crippen molar-refractivity contribution in [1.29, 1.82) is 0 Å². The zero-order valence-electron chi connectivity index (χ0n) is 10.1. The normalized spacial score (nSPS) is 24.9. The monoisotopic (exact) mass is 272 g/mol. The van der Waals surface area contributed by atoms with Crippen molar-refractivity contribution < 1.29 is 18.3 Å². The fraction of sp³-hybridized carbons (Fsp3) is 0.636. The molecule has 1 aromatic rings. The van der Waals surface area contributed by atoms with Crippen LogP contribution in [0.4, 0.5) is 0 Å². The summed E-state index contributed by atoms with van der Waals surface area (Å²) in [5.41, 5.74) is 0.136. The summed E-state index contributed by atoms with van der Waals surface area (Å²) >= 11 is 0. The molecule has 2 unspecified atom stereocenters. The van der Waals surface area contributed by atoms with E-state index >= 15 is 0 Å². The lowest BCUT2D eigenvalue weighted by Crippen LogP contribution is -2.29. The van der Waals surface area contributed by atoms with Crippen molar-refractivity contribution in [3.8, 4) is 0 Å². The molecule has 0 bridgehead atoms. The van der Waals surface area contributed by atoms with Crippen LogP contribution in [-0.4, -0.2) is 40.8 Å². The summed E-state index contributed by atoms with van der Waals surface area (Å²) in [5, 5.41) is 12.5. The number of hydrogen-bond donors (Lipinski definition) is 1. The van der Waals surface area contributed by atoms with Crippen molar-refractivity contribution in [2.24, 2.45) is 0 Å². The maximum atomic E-state index is 11.6. The first-order chi connectivity index (χ1) is 8.38. The first kappa shape index (κ1) is 13.1. The van der Waals surface area contributed by atoms with Crippen LogP contribution in [0.3, 0.4) is 0 Å². The second kappa shape index (κ2) is 4.72. The Morgan fingerprint density at radius 2 is 2.22 bits per heavy atom. The zero-order valence-corrected chi connectivity index (χ0v) is 10.9. The van der Waals surface area contributed by atoms with Gasteiger partial charge in [0.25, 0.3) is 0 Å². The molecule has 1 aliphatic rings. The molecule has 18 heavy (non-hydrogen) atoms. The van der Waals surface area contributed by atoms with Crippen molar-refractivity contribution in [2.45, 2.75) is 37.0 Å². The number of carboxylic acids is 1. The number of aromatic nitrogens is 2. The van der Waals surface area contributed by atoms with Crippen molar-refractivity contribution in [1.82, 2.24) is 9.78 Å². The van der Waals surface area contributed by atoms with Crippen LogP contribution in [0.5, 0.6) is 0 Å². The van der Waals surface area contributed by atoms with Gasteiger partial charge in [-0.15, -0.1) is 0 Å². The standard InChI is InChI=1S/C11H16N2O4S/c1-18(16,17)10-4-2-3-9(5-10)13-7-8(6-12-13)11(14)15/h6-7,9-10H,2-5H2,1H3,(H,14,15). The first-order valence-electron chi connectivity index (χ1n) is 5.84. The number of sulfone groups is 1. The highest BCUT2D eigenvalue weighted by Gasteiger charge is 2.30. The third-order valence-electron chi connectivity index (χ3n) is 3.43. The summed E-state index contributed by atoms with van der Waals surface area (Å²) in [6, 6.07) is -0.0217. The molecule has 0 aromatic carbocycles. The van der Waals surface area contributed by atoms with Gasteiger partial charge in [-0.3, -0.25) is 4.68 Å². The van der Waals surface area contributed by atoms with Gasteiger partial charge in [-0.05, 0) is 19.3 Å². The summed E-state index contributed by atoms with van der Waals surface area (Å²) in [6.07, 6.45) is 6.88. The molecule has 2 atom stereocenters. The number of carbonyl (C=O) groups is 1. The van der Waals surface area contributed by atoms with Gasteiger partial charge in [0.05, 0.1) is 23.1 Å². The molecule has 1 heterocycles. The van der Waals surface area contributed by atoms with Crippen LogP contribution in [-0.2, 0) is 9.84 Å². The number of carboxylic acid groups (broad SMARTS) is 1. The molecule has 0 amide bonds. The lowest BCUT2D eigenvalue weighted by atomic mass is 9.95. The SMILES string of the molecule is CS(=O)(=O)C1CCCC(n2cc(C(=O)O)cn2)C1. The molecule has 100 valence electrons. The van der Waals surface area contributed by atoms with Gasteiger partial charge in [0.1, 0.15) is 9.84 Å². The summed E-state index contributed by atoms with van der Waals surface area (Å²) in [5.74, 6) is -1.02. The molecule has 0 spiro atoms. The van der Waals surface area contributed by atoms with Gasteiger partial charge in [-0.1, -0.05) is 6.42 Å². The Morgan fingerprint density at radius 3 is 2.78 bits per heavy atom. The molecule has 0 saturated heterocycles. The van der Waals surface area contributed by atoms with Crippen LogP contribution in [0.25, 0.3) is 0 Å². The second-order valence-electron chi connectivity index (χ2n) is 4.79. The summed E-state index contributed by atoms with van der Waals surface area (Å²) in [7, 11) is -3.03. The fourth-order valence-electron chi connectivity index (χ4n) is 2.40. The number of nitrogens with zero attached hydrogens (tertiary/aromatic N) is 2. The Balaban J connectivity index is 2.15. The van der Waals surface area contributed by atoms with Crippen LogP contribution in [0.2, 0.25) is 0 Å². The highest BCUT2D eigenvalue weighted by atomic mass is 32.2. The molecule has 6 nitrogen and oxygen atoms in total. The summed E-state index contributed by atoms with van der Waals surface area (Å²) in [6.45, 7) is 0. The number of hydrogen-bond acceptors (Lipinski definition) is 4. The number of rotatable bonds is 3. The Bertz CT molecular complexity index is 549. The summed E-state index contributed by atoms with van der Waals surface area (Å²) < 4.78 is 24.7. The molecule has 1 saturated carbocycles. The lowest BCUT2D eigenvalue weighted by Gasteiger charge is -2.28. The molecule has 2 rings (SSSR count). The Hall–Kier alpha value is -1.37. The van der Waals surface area contributed by atoms with E-state index in [1.807, 2.05) is 0 Å². The minimum atomic E-state index is -3.03. The third kappa shape index (κ3) is 2.72. The van der Waals surface area contributed by atoms with Gasteiger partial charge in [0.15, 0.2) is 0 Å². The number of aromatic carboxylic acids is 1. The Kier molecular flexibility index (Phi) is 3.43. The minimum absolute atomic E-state index is 0.0217. The van der Waals surface area contributed by atoms with Crippen LogP contribution < -0.4 is 0 Å². The maximum Gasteiger partial charge on any atom is 0.338 e. The smallest absolute Gasteiger partial charge is 0.338 e. The topological polar surface area (TPSA) is 89.3 Å². The van der Waals surface area contributed by atoms with Crippen LogP contribution >= 0.6 is 0 Å². The molecule has 0 aliphatic heterocycles. The highest BCUT2D eigenvalue weighted by molar-refractivity contribution is 7.91. The quantitative estimate of drug-likeness (QED) is 0.890. The first-order valence-corrected chi connectivity index (χ1v) is 7.79. The fourth-order valence-corrected chi connectivity index (χ4v) is 3.56. The van der Waals surface area contributed by atoms with E-state index < -0.39 is 15.8 Å². The molecule has 1 aromatic heterocycles. The van der Waals surface area contributed by atoms with E-state index in [9.17, 15) is 13.2 Å². The Morgan fingerprint density at radius 1 is 1.50 bits per heavy atom. The molecular weight excluding hydrogens is 256 g/mol. The molecule has 1 N–H and O–H groups in total. The predicted octanol–water partition coefficient (Wildman–Crippen LogP) is 1.11. The van der Waals surface area contributed by atoms with E-state index in [0.29, 0.717) is 12.8 Å². The van der Waals surface area contributed by atoms with Crippen molar-refractivity contribution >= 4 is 15.8 Å². The van der Waals surface area contributed by atoms with Gasteiger partial charge < -0.3 is 5.11 Å². The maximum absolute atomic E-state index is 11.6. The molecular formula is C11H16N2O4S. The van der Waals surface area contributed by atoms with E-state index in [0.717, 1.165) is 12.8 Å². The van der Waals surface area contributed by atoms with Crippen molar-refractivity contribution in [3.05, 3.63) is 18.0 Å².